The minimum atomic E-state index is 0.0905. The summed E-state index contributed by atoms with van der Waals surface area (Å²) in [4.78, 5) is 0. The standard InChI is InChI=1S/C12H13NO2/c1-13(14)11-5-3-10-8-12(15-2)6-4-9(10)7-11/h3-8,13H,1-2H3. The third kappa shape index (κ3) is 1.93. The molecule has 0 radical (unpaired) electrons. The molecule has 2 aromatic rings. The largest absolute Gasteiger partial charge is 0.629 e. The van der Waals surface area contributed by atoms with Crippen LogP contribution >= 0.6 is 0 Å². The fourth-order valence-corrected chi connectivity index (χ4v) is 1.57. The van der Waals surface area contributed by atoms with Crippen molar-refractivity contribution in [3.8, 4) is 5.75 Å². The van der Waals surface area contributed by atoms with Crippen LogP contribution in [0.1, 0.15) is 0 Å². The zero-order valence-electron chi connectivity index (χ0n) is 8.78. The van der Waals surface area contributed by atoms with Gasteiger partial charge in [-0.25, -0.2) is 0 Å². The van der Waals surface area contributed by atoms with Crippen molar-refractivity contribution < 1.29 is 9.80 Å². The second kappa shape index (κ2) is 3.88. The minimum Gasteiger partial charge on any atom is -0.629 e. The van der Waals surface area contributed by atoms with Gasteiger partial charge in [-0.1, -0.05) is 6.07 Å². The second-order valence-corrected chi connectivity index (χ2v) is 3.48. The number of hydrogen-bond acceptors (Lipinski definition) is 2. The molecule has 0 saturated heterocycles. The van der Waals surface area contributed by atoms with E-state index in [-0.39, 0.29) is 5.06 Å². The molecular weight excluding hydrogens is 190 g/mol. The van der Waals surface area contributed by atoms with Crippen molar-refractivity contribution in [1.29, 1.82) is 0 Å². The van der Waals surface area contributed by atoms with Gasteiger partial charge in [0, 0.05) is 6.07 Å². The summed E-state index contributed by atoms with van der Waals surface area (Å²) >= 11 is 0. The highest BCUT2D eigenvalue weighted by molar-refractivity contribution is 5.85. The summed E-state index contributed by atoms with van der Waals surface area (Å²) in [5.74, 6) is 0.832. The number of benzene rings is 2. The highest BCUT2D eigenvalue weighted by Crippen LogP contribution is 2.22. The molecule has 15 heavy (non-hydrogen) atoms. The van der Waals surface area contributed by atoms with Crippen LogP contribution in [0.25, 0.3) is 10.8 Å². The molecule has 2 rings (SSSR count). The van der Waals surface area contributed by atoms with Crippen LogP contribution in [0.5, 0.6) is 5.75 Å². The van der Waals surface area contributed by atoms with Gasteiger partial charge < -0.3 is 15.0 Å². The molecule has 2 aromatic carbocycles. The summed E-state index contributed by atoms with van der Waals surface area (Å²) in [5, 5.41) is 13.4. The van der Waals surface area contributed by atoms with Crippen LogP contribution in [-0.4, -0.2) is 14.2 Å². The number of rotatable bonds is 2. The maximum atomic E-state index is 11.2. The molecule has 0 aromatic heterocycles. The number of quaternary nitrogens is 1. The average molecular weight is 203 g/mol. The van der Waals surface area contributed by atoms with E-state index in [1.54, 1.807) is 14.2 Å². The summed E-state index contributed by atoms with van der Waals surface area (Å²) in [5.41, 5.74) is 0.743. The third-order valence-corrected chi connectivity index (χ3v) is 2.45. The molecule has 0 aliphatic carbocycles. The lowest BCUT2D eigenvalue weighted by molar-refractivity contribution is -0.751. The van der Waals surface area contributed by atoms with E-state index in [9.17, 15) is 5.21 Å². The first kappa shape index (κ1) is 9.96. The molecule has 3 heteroatoms. The Morgan fingerprint density at radius 2 is 1.73 bits per heavy atom. The van der Waals surface area contributed by atoms with Crippen molar-refractivity contribution >= 4 is 16.5 Å². The van der Waals surface area contributed by atoms with Gasteiger partial charge in [0.15, 0.2) is 0 Å². The summed E-state index contributed by atoms with van der Waals surface area (Å²) in [6.07, 6.45) is 0. The Hall–Kier alpha value is -1.58. The second-order valence-electron chi connectivity index (χ2n) is 3.48. The van der Waals surface area contributed by atoms with E-state index in [0.29, 0.717) is 0 Å². The molecular formula is C12H13NO2. The SMILES string of the molecule is COc1ccc2cc([NH+](C)[O-])ccc2c1. The molecule has 0 spiro atoms. The smallest absolute Gasteiger partial charge is 0.131 e. The lowest BCUT2D eigenvalue weighted by Gasteiger charge is -2.15. The fourth-order valence-electron chi connectivity index (χ4n) is 1.57. The lowest BCUT2D eigenvalue weighted by atomic mass is 10.1. The first-order chi connectivity index (χ1) is 7.20. The van der Waals surface area contributed by atoms with Crippen LogP contribution in [0.15, 0.2) is 36.4 Å². The molecule has 0 bridgehead atoms. The van der Waals surface area contributed by atoms with E-state index in [1.165, 1.54) is 0 Å². The zero-order valence-corrected chi connectivity index (χ0v) is 8.78. The molecule has 0 saturated carbocycles. The predicted molar refractivity (Wildman–Crippen MR) is 60.4 cm³/mol. The van der Waals surface area contributed by atoms with Crippen molar-refractivity contribution in [2.75, 3.05) is 14.2 Å². The Labute approximate surface area is 88.5 Å². The van der Waals surface area contributed by atoms with E-state index in [4.69, 9.17) is 4.74 Å². The molecule has 1 atom stereocenters. The Morgan fingerprint density at radius 1 is 1.07 bits per heavy atom. The first-order valence-electron chi connectivity index (χ1n) is 4.79. The highest BCUT2D eigenvalue weighted by atomic mass is 16.5. The molecule has 0 amide bonds. The molecule has 0 aliphatic heterocycles. The summed E-state index contributed by atoms with van der Waals surface area (Å²) in [6.45, 7) is 0. The lowest BCUT2D eigenvalue weighted by Crippen LogP contribution is -2.98. The average Bonchev–Trinajstić information content (AvgIpc) is 2.27. The van der Waals surface area contributed by atoms with Gasteiger partial charge in [0.05, 0.1) is 14.2 Å². The number of hydroxylamine groups is 1. The van der Waals surface area contributed by atoms with E-state index < -0.39 is 0 Å². The predicted octanol–water partition coefficient (Wildman–Crippen LogP) is 1.49. The maximum absolute atomic E-state index is 11.2. The Morgan fingerprint density at radius 3 is 2.40 bits per heavy atom. The molecule has 1 N–H and O–H groups in total. The number of hydrogen-bond donors (Lipinski definition) is 1. The summed E-state index contributed by atoms with van der Waals surface area (Å²) in [7, 11) is 3.22. The normalized spacial score (nSPS) is 12.7. The third-order valence-electron chi connectivity index (χ3n) is 2.45. The molecule has 1 unspecified atom stereocenters. The van der Waals surface area contributed by atoms with E-state index in [0.717, 1.165) is 22.2 Å². The number of ether oxygens (including phenoxy) is 1. The van der Waals surface area contributed by atoms with Crippen molar-refractivity contribution in [3.05, 3.63) is 41.6 Å². The van der Waals surface area contributed by atoms with Gasteiger partial charge in [0.25, 0.3) is 0 Å². The zero-order chi connectivity index (χ0) is 10.8. The quantitative estimate of drug-likeness (QED) is 0.751. The number of fused-ring (bicyclic) bond motifs is 1. The fraction of sp³-hybridized carbons (Fsp3) is 0.167. The topological polar surface area (TPSA) is 36.7 Å². The van der Waals surface area contributed by atoms with E-state index in [1.807, 2.05) is 36.4 Å². The van der Waals surface area contributed by atoms with Gasteiger partial charge in [0.2, 0.25) is 0 Å². The van der Waals surface area contributed by atoms with Gasteiger partial charge in [-0.3, -0.25) is 0 Å². The molecule has 3 nitrogen and oxygen atoms in total. The monoisotopic (exact) mass is 203 g/mol. The van der Waals surface area contributed by atoms with Crippen LogP contribution in [0.2, 0.25) is 0 Å². The van der Waals surface area contributed by atoms with Gasteiger partial charge in [-0.2, -0.15) is 0 Å². The summed E-state index contributed by atoms with van der Waals surface area (Å²) < 4.78 is 5.13. The molecule has 0 heterocycles. The molecule has 0 fully saturated rings. The molecule has 0 aliphatic rings. The Kier molecular flexibility index (Phi) is 2.58. The number of nitrogens with one attached hydrogen (secondary N) is 1. The Balaban J connectivity index is 2.55. The minimum absolute atomic E-state index is 0.0905. The van der Waals surface area contributed by atoms with Crippen molar-refractivity contribution in [2.24, 2.45) is 0 Å². The van der Waals surface area contributed by atoms with Gasteiger partial charge >= 0.3 is 0 Å². The van der Waals surface area contributed by atoms with Crippen LogP contribution < -0.4 is 9.80 Å². The van der Waals surface area contributed by atoms with Crippen LogP contribution in [-0.2, 0) is 0 Å². The van der Waals surface area contributed by atoms with E-state index in [2.05, 4.69) is 0 Å². The van der Waals surface area contributed by atoms with Gasteiger partial charge in [-0.05, 0) is 35.0 Å². The maximum Gasteiger partial charge on any atom is 0.131 e. The highest BCUT2D eigenvalue weighted by Gasteiger charge is 2.01. The van der Waals surface area contributed by atoms with Crippen molar-refractivity contribution in [2.45, 2.75) is 0 Å². The van der Waals surface area contributed by atoms with Crippen molar-refractivity contribution in [3.63, 3.8) is 0 Å². The van der Waals surface area contributed by atoms with Crippen LogP contribution in [0.3, 0.4) is 0 Å². The van der Waals surface area contributed by atoms with Crippen molar-refractivity contribution in [1.82, 2.24) is 0 Å². The van der Waals surface area contributed by atoms with Gasteiger partial charge in [0.1, 0.15) is 11.4 Å². The Bertz CT molecular complexity index is 480. The van der Waals surface area contributed by atoms with Crippen LogP contribution in [0.4, 0.5) is 5.69 Å². The molecule has 78 valence electrons. The first-order valence-corrected chi connectivity index (χ1v) is 4.79. The van der Waals surface area contributed by atoms with E-state index >= 15 is 0 Å². The van der Waals surface area contributed by atoms with Crippen LogP contribution in [0, 0.1) is 5.21 Å². The summed E-state index contributed by atoms with van der Waals surface area (Å²) in [6, 6.07) is 11.5. The van der Waals surface area contributed by atoms with Gasteiger partial charge in [-0.15, -0.1) is 0 Å². The number of methoxy groups -OCH3 is 1.